The van der Waals surface area contributed by atoms with Crippen molar-refractivity contribution in [2.24, 2.45) is 5.92 Å². The summed E-state index contributed by atoms with van der Waals surface area (Å²) >= 11 is 0. The summed E-state index contributed by atoms with van der Waals surface area (Å²) in [7, 11) is 0. The molecule has 1 fully saturated rings. The van der Waals surface area contributed by atoms with E-state index < -0.39 is 11.6 Å². The fourth-order valence-corrected chi connectivity index (χ4v) is 2.33. The van der Waals surface area contributed by atoms with Crippen LogP contribution >= 0.6 is 0 Å². The Balaban J connectivity index is 1.92. The lowest BCUT2D eigenvalue weighted by atomic mass is 9.98. The number of hydrogen-bond donors (Lipinski definition) is 1. The van der Waals surface area contributed by atoms with E-state index in [1.807, 2.05) is 0 Å². The zero-order chi connectivity index (χ0) is 13.4. The lowest BCUT2D eigenvalue weighted by molar-refractivity contribution is 0.340. The first kappa shape index (κ1) is 12.2. The SMILES string of the molecule is CC1CNCC1c1nc(-c2cc(F)cc(F)c2)no1. The smallest absolute Gasteiger partial charge is 0.231 e. The number of benzene rings is 1. The van der Waals surface area contributed by atoms with Crippen molar-refractivity contribution in [2.45, 2.75) is 12.8 Å². The maximum absolute atomic E-state index is 13.1. The van der Waals surface area contributed by atoms with Crippen LogP contribution in [0, 0.1) is 17.6 Å². The van der Waals surface area contributed by atoms with Crippen LogP contribution in [0.25, 0.3) is 11.4 Å². The molecular weight excluding hydrogens is 252 g/mol. The Morgan fingerprint density at radius 3 is 2.58 bits per heavy atom. The Morgan fingerprint density at radius 2 is 1.95 bits per heavy atom. The van der Waals surface area contributed by atoms with Gasteiger partial charge in [-0.1, -0.05) is 12.1 Å². The van der Waals surface area contributed by atoms with E-state index >= 15 is 0 Å². The van der Waals surface area contributed by atoms with E-state index in [2.05, 4.69) is 22.4 Å². The molecule has 19 heavy (non-hydrogen) atoms. The Morgan fingerprint density at radius 1 is 1.21 bits per heavy atom. The van der Waals surface area contributed by atoms with Crippen LogP contribution in [0.4, 0.5) is 8.78 Å². The summed E-state index contributed by atoms with van der Waals surface area (Å²) in [6, 6.07) is 3.19. The first-order chi connectivity index (χ1) is 9.13. The normalized spacial score (nSPS) is 22.9. The zero-order valence-corrected chi connectivity index (χ0v) is 10.4. The topological polar surface area (TPSA) is 51.0 Å². The highest BCUT2D eigenvalue weighted by Crippen LogP contribution is 2.28. The molecule has 4 nitrogen and oxygen atoms in total. The van der Waals surface area contributed by atoms with Crippen LogP contribution in [0.15, 0.2) is 22.7 Å². The van der Waals surface area contributed by atoms with Gasteiger partial charge in [0.05, 0.1) is 5.92 Å². The number of rotatable bonds is 2. The third-order valence-electron chi connectivity index (χ3n) is 3.40. The molecule has 1 aliphatic rings. The van der Waals surface area contributed by atoms with E-state index in [1.54, 1.807) is 0 Å². The Kier molecular flexibility index (Phi) is 3.02. The minimum atomic E-state index is -0.655. The molecule has 6 heteroatoms. The molecule has 1 aromatic heterocycles. The molecule has 1 N–H and O–H groups in total. The zero-order valence-electron chi connectivity index (χ0n) is 10.4. The lowest BCUT2D eigenvalue weighted by Crippen LogP contribution is -2.08. The summed E-state index contributed by atoms with van der Waals surface area (Å²) in [5.74, 6) is -0.0311. The van der Waals surface area contributed by atoms with Crippen molar-refractivity contribution in [1.82, 2.24) is 15.5 Å². The van der Waals surface area contributed by atoms with Crippen LogP contribution in [-0.2, 0) is 0 Å². The predicted octanol–water partition coefficient (Wildman–Crippen LogP) is 2.34. The molecule has 1 aliphatic heterocycles. The standard InChI is InChI=1S/C13H13F2N3O/c1-7-5-16-6-11(7)13-17-12(18-19-13)8-2-9(14)4-10(15)3-8/h2-4,7,11,16H,5-6H2,1H3. The fourth-order valence-electron chi connectivity index (χ4n) is 2.33. The van der Waals surface area contributed by atoms with Gasteiger partial charge in [-0.05, 0) is 24.6 Å². The van der Waals surface area contributed by atoms with Gasteiger partial charge < -0.3 is 9.84 Å². The highest BCUT2D eigenvalue weighted by Gasteiger charge is 2.29. The van der Waals surface area contributed by atoms with Crippen LogP contribution < -0.4 is 5.32 Å². The van der Waals surface area contributed by atoms with Gasteiger partial charge in [-0.15, -0.1) is 0 Å². The summed E-state index contributed by atoms with van der Waals surface area (Å²) in [5, 5.41) is 7.04. The van der Waals surface area contributed by atoms with Crippen LogP contribution in [0.1, 0.15) is 18.7 Å². The first-order valence-electron chi connectivity index (χ1n) is 6.14. The molecule has 2 atom stereocenters. The Hall–Kier alpha value is -1.82. The van der Waals surface area contributed by atoms with Gasteiger partial charge in [-0.2, -0.15) is 4.98 Å². The molecule has 0 saturated carbocycles. The van der Waals surface area contributed by atoms with Crippen molar-refractivity contribution < 1.29 is 13.3 Å². The molecule has 3 rings (SSSR count). The average molecular weight is 265 g/mol. The second-order valence-corrected chi connectivity index (χ2v) is 4.86. The molecule has 0 aliphatic carbocycles. The molecule has 0 amide bonds. The number of halogens is 2. The van der Waals surface area contributed by atoms with Crippen LogP contribution in [-0.4, -0.2) is 23.2 Å². The van der Waals surface area contributed by atoms with Crippen LogP contribution in [0.5, 0.6) is 0 Å². The van der Waals surface area contributed by atoms with Crippen molar-refractivity contribution in [3.63, 3.8) is 0 Å². The largest absolute Gasteiger partial charge is 0.339 e. The second-order valence-electron chi connectivity index (χ2n) is 4.86. The van der Waals surface area contributed by atoms with Gasteiger partial charge in [0.15, 0.2) is 0 Å². The van der Waals surface area contributed by atoms with E-state index in [1.165, 1.54) is 12.1 Å². The highest BCUT2D eigenvalue weighted by atomic mass is 19.1. The first-order valence-corrected chi connectivity index (χ1v) is 6.14. The fraction of sp³-hybridized carbons (Fsp3) is 0.385. The maximum atomic E-state index is 13.1. The monoisotopic (exact) mass is 265 g/mol. The van der Waals surface area contributed by atoms with E-state index in [9.17, 15) is 8.78 Å². The lowest BCUT2D eigenvalue weighted by Gasteiger charge is -2.07. The summed E-state index contributed by atoms with van der Waals surface area (Å²) in [4.78, 5) is 4.24. The van der Waals surface area contributed by atoms with Crippen molar-refractivity contribution in [3.8, 4) is 11.4 Å². The minimum absolute atomic E-state index is 0.152. The molecule has 1 saturated heterocycles. The van der Waals surface area contributed by atoms with Gasteiger partial charge in [-0.3, -0.25) is 0 Å². The summed E-state index contributed by atoms with van der Waals surface area (Å²) in [6.07, 6.45) is 0. The van der Waals surface area contributed by atoms with E-state index in [0.717, 1.165) is 19.2 Å². The molecule has 2 unspecified atom stereocenters. The van der Waals surface area contributed by atoms with E-state index in [-0.39, 0.29) is 17.3 Å². The van der Waals surface area contributed by atoms with Crippen LogP contribution in [0.2, 0.25) is 0 Å². The van der Waals surface area contributed by atoms with Crippen LogP contribution in [0.3, 0.4) is 0 Å². The molecule has 100 valence electrons. The Bertz CT molecular complexity index is 579. The van der Waals surface area contributed by atoms with Crippen molar-refractivity contribution in [2.75, 3.05) is 13.1 Å². The van der Waals surface area contributed by atoms with E-state index in [4.69, 9.17) is 4.52 Å². The third-order valence-corrected chi connectivity index (χ3v) is 3.40. The predicted molar refractivity (Wildman–Crippen MR) is 64.4 cm³/mol. The molecule has 2 aromatic rings. The third kappa shape index (κ3) is 2.35. The molecule has 2 heterocycles. The number of nitrogens with zero attached hydrogens (tertiary/aromatic N) is 2. The van der Waals surface area contributed by atoms with Gasteiger partial charge in [0.2, 0.25) is 11.7 Å². The van der Waals surface area contributed by atoms with Gasteiger partial charge in [0.1, 0.15) is 11.6 Å². The summed E-state index contributed by atoms with van der Waals surface area (Å²) < 4.78 is 31.5. The summed E-state index contributed by atoms with van der Waals surface area (Å²) in [5.41, 5.74) is 0.283. The molecule has 0 bridgehead atoms. The molecule has 0 spiro atoms. The van der Waals surface area contributed by atoms with E-state index in [0.29, 0.717) is 11.8 Å². The molecular formula is C13H13F2N3O. The Labute approximate surface area is 108 Å². The molecule has 0 radical (unpaired) electrons. The van der Waals surface area contributed by atoms with Crippen molar-refractivity contribution in [3.05, 3.63) is 35.7 Å². The second kappa shape index (κ2) is 4.70. The van der Waals surface area contributed by atoms with Gasteiger partial charge in [0, 0.05) is 18.2 Å². The average Bonchev–Trinajstić information content (AvgIpc) is 2.95. The number of hydrogen-bond acceptors (Lipinski definition) is 4. The maximum Gasteiger partial charge on any atom is 0.231 e. The number of aromatic nitrogens is 2. The quantitative estimate of drug-likeness (QED) is 0.905. The van der Waals surface area contributed by atoms with Crippen molar-refractivity contribution >= 4 is 0 Å². The van der Waals surface area contributed by atoms with Gasteiger partial charge in [-0.25, -0.2) is 8.78 Å². The highest BCUT2D eigenvalue weighted by molar-refractivity contribution is 5.54. The van der Waals surface area contributed by atoms with Gasteiger partial charge >= 0.3 is 0 Å². The summed E-state index contributed by atoms with van der Waals surface area (Å²) in [6.45, 7) is 3.77. The number of nitrogens with one attached hydrogen (secondary N) is 1. The minimum Gasteiger partial charge on any atom is -0.339 e. The molecule has 1 aromatic carbocycles. The van der Waals surface area contributed by atoms with Gasteiger partial charge in [0.25, 0.3) is 0 Å². The van der Waals surface area contributed by atoms with Crippen molar-refractivity contribution in [1.29, 1.82) is 0 Å².